The van der Waals surface area contributed by atoms with Crippen LogP contribution in [0.15, 0.2) is 11.3 Å². The maximum Gasteiger partial charge on any atom is 0.157 e. The third-order valence-electron chi connectivity index (χ3n) is 2.86. The van der Waals surface area contributed by atoms with Crippen LogP contribution in [0.5, 0.6) is 0 Å². The van der Waals surface area contributed by atoms with Crippen molar-refractivity contribution in [3.63, 3.8) is 0 Å². The minimum absolute atomic E-state index is 0.500. The van der Waals surface area contributed by atoms with E-state index in [0.29, 0.717) is 18.5 Å². The number of thioether (sulfide) groups is 1. The molecule has 5 nitrogen and oxygen atoms in total. The van der Waals surface area contributed by atoms with Crippen molar-refractivity contribution in [3.05, 3.63) is 12.2 Å². The molecule has 2 atom stereocenters. The van der Waals surface area contributed by atoms with E-state index in [1.54, 1.807) is 18.1 Å². The molecule has 2 heterocycles. The number of aryl methyl sites for hydroxylation is 1. The summed E-state index contributed by atoms with van der Waals surface area (Å²) in [5.41, 5.74) is 0. The zero-order chi connectivity index (χ0) is 11.5. The Morgan fingerprint density at radius 3 is 3.06 bits per heavy atom. The van der Waals surface area contributed by atoms with Gasteiger partial charge in [-0.05, 0) is 12.8 Å². The molecule has 0 aliphatic carbocycles. The molecule has 0 spiro atoms. The van der Waals surface area contributed by atoms with Crippen LogP contribution in [-0.4, -0.2) is 31.7 Å². The third-order valence-corrected chi connectivity index (χ3v) is 4.07. The molecule has 1 aromatic heterocycles. The summed E-state index contributed by atoms with van der Waals surface area (Å²) in [5, 5.41) is 12.3. The van der Waals surface area contributed by atoms with Gasteiger partial charge in [-0.25, -0.2) is 0 Å². The van der Waals surface area contributed by atoms with Gasteiger partial charge in [0.05, 0.1) is 0 Å². The molecular weight excluding hydrogens is 222 g/mol. The monoisotopic (exact) mass is 239 g/mol. The minimum Gasteiger partial charge on any atom is -0.362 e. The standard InChI is InChI=1S/C10H17N5S/c1-7-5-16-10(13-8(7)2)11-4-9-14-12-6-15(9)3/h6-8H,4-5H2,1-3H3,(H,11,13). The average molecular weight is 239 g/mol. The maximum absolute atomic E-state index is 4.52. The van der Waals surface area contributed by atoms with E-state index in [2.05, 4.69) is 34.4 Å². The van der Waals surface area contributed by atoms with Crippen LogP contribution in [0.1, 0.15) is 19.7 Å². The van der Waals surface area contributed by atoms with Crippen LogP contribution < -0.4 is 5.32 Å². The number of aromatic nitrogens is 3. The molecule has 1 aromatic rings. The number of hydrogen-bond acceptors (Lipinski definition) is 4. The van der Waals surface area contributed by atoms with E-state index in [9.17, 15) is 0 Å². The van der Waals surface area contributed by atoms with Gasteiger partial charge in [0.2, 0.25) is 0 Å². The highest BCUT2D eigenvalue weighted by molar-refractivity contribution is 8.13. The van der Waals surface area contributed by atoms with E-state index < -0.39 is 0 Å². The Bertz CT molecular complexity index is 386. The minimum atomic E-state index is 0.500. The summed E-state index contributed by atoms with van der Waals surface area (Å²) in [5.74, 6) is 2.71. The van der Waals surface area contributed by atoms with Gasteiger partial charge in [0, 0.05) is 18.8 Å². The zero-order valence-corrected chi connectivity index (χ0v) is 10.7. The van der Waals surface area contributed by atoms with E-state index in [1.165, 1.54) is 0 Å². The molecule has 0 aromatic carbocycles. The quantitative estimate of drug-likeness (QED) is 0.837. The van der Waals surface area contributed by atoms with E-state index in [1.807, 2.05) is 11.6 Å². The maximum atomic E-state index is 4.52. The second-order valence-electron chi connectivity index (χ2n) is 4.20. The Labute approximate surface area is 99.7 Å². The Morgan fingerprint density at radius 1 is 1.62 bits per heavy atom. The first-order valence-corrected chi connectivity index (χ1v) is 6.42. The highest BCUT2D eigenvalue weighted by Gasteiger charge is 2.20. The van der Waals surface area contributed by atoms with Crippen LogP contribution in [0.4, 0.5) is 0 Å². The van der Waals surface area contributed by atoms with Crippen LogP contribution in [0.25, 0.3) is 0 Å². The van der Waals surface area contributed by atoms with Crippen molar-refractivity contribution >= 4 is 16.9 Å². The molecule has 2 unspecified atom stereocenters. The highest BCUT2D eigenvalue weighted by Crippen LogP contribution is 2.19. The molecule has 0 saturated carbocycles. The van der Waals surface area contributed by atoms with E-state index in [4.69, 9.17) is 0 Å². The van der Waals surface area contributed by atoms with Crippen molar-refractivity contribution in [2.75, 3.05) is 5.75 Å². The van der Waals surface area contributed by atoms with Gasteiger partial charge in [-0.2, -0.15) is 0 Å². The summed E-state index contributed by atoms with van der Waals surface area (Å²) >= 11 is 1.78. The Hall–Kier alpha value is -1.04. The number of amidine groups is 1. The summed E-state index contributed by atoms with van der Waals surface area (Å²) in [6.07, 6.45) is 1.70. The van der Waals surface area contributed by atoms with Crippen molar-refractivity contribution in [1.82, 2.24) is 20.1 Å². The highest BCUT2D eigenvalue weighted by atomic mass is 32.2. The molecule has 1 aliphatic rings. The largest absolute Gasteiger partial charge is 0.362 e. The van der Waals surface area contributed by atoms with Crippen molar-refractivity contribution in [3.8, 4) is 0 Å². The molecule has 1 saturated heterocycles. The molecular formula is C10H17N5S. The molecule has 6 heteroatoms. The van der Waals surface area contributed by atoms with Crippen LogP contribution in [0.2, 0.25) is 0 Å². The molecule has 88 valence electrons. The normalized spacial score (nSPS) is 28.1. The smallest absolute Gasteiger partial charge is 0.157 e. The molecule has 2 rings (SSSR count). The SMILES string of the molecule is CC1CSC(=NCc2nncn2C)NC1C. The van der Waals surface area contributed by atoms with Crippen LogP contribution in [0.3, 0.4) is 0 Å². The van der Waals surface area contributed by atoms with Gasteiger partial charge >= 0.3 is 0 Å². The van der Waals surface area contributed by atoms with Gasteiger partial charge in [0.1, 0.15) is 12.9 Å². The van der Waals surface area contributed by atoms with E-state index in [-0.39, 0.29) is 0 Å². The number of rotatable bonds is 2. The molecule has 0 amide bonds. The van der Waals surface area contributed by atoms with Gasteiger partial charge in [-0.3, -0.25) is 4.99 Å². The van der Waals surface area contributed by atoms with Gasteiger partial charge in [0.15, 0.2) is 11.0 Å². The molecule has 0 radical (unpaired) electrons. The predicted molar refractivity (Wildman–Crippen MR) is 66.4 cm³/mol. The first-order valence-electron chi connectivity index (χ1n) is 5.43. The third kappa shape index (κ3) is 2.55. The lowest BCUT2D eigenvalue weighted by atomic mass is 10.1. The Balaban J connectivity index is 1.96. The number of nitrogens with one attached hydrogen (secondary N) is 1. The lowest BCUT2D eigenvalue weighted by Gasteiger charge is -2.28. The fourth-order valence-electron chi connectivity index (χ4n) is 1.42. The molecule has 16 heavy (non-hydrogen) atoms. The number of aliphatic imine (C=N–C) groups is 1. The molecule has 1 fully saturated rings. The topological polar surface area (TPSA) is 55.1 Å². The lowest BCUT2D eigenvalue weighted by molar-refractivity contribution is 0.489. The summed E-state index contributed by atoms with van der Waals surface area (Å²) in [6.45, 7) is 5.04. The van der Waals surface area contributed by atoms with Crippen molar-refractivity contribution < 1.29 is 0 Å². The molecule has 0 bridgehead atoms. The summed E-state index contributed by atoms with van der Waals surface area (Å²) in [7, 11) is 1.93. The molecule has 1 aliphatic heterocycles. The fourth-order valence-corrected chi connectivity index (χ4v) is 2.55. The lowest BCUT2D eigenvalue weighted by Crippen LogP contribution is -2.41. The van der Waals surface area contributed by atoms with Crippen LogP contribution >= 0.6 is 11.8 Å². The number of hydrogen-bond donors (Lipinski definition) is 1. The summed E-state index contributed by atoms with van der Waals surface area (Å²) < 4.78 is 1.89. The summed E-state index contributed by atoms with van der Waals surface area (Å²) in [6, 6.07) is 0.500. The van der Waals surface area contributed by atoms with E-state index in [0.717, 1.165) is 16.7 Å². The van der Waals surface area contributed by atoms with Gasteiger partial charge in [0.25, 0.3) is 0 Å². The predicted octanol–water partition coefficient (Wildman–Crippen LogP) is 1.03. The van der Waals surface area contributed by atoms with E-state index >= 15 is 0 Å². The van der Waals surface area contributed by atoms with Gasteiger partial charge < -0.3 is 9.88 Å². The van der Waals surface area contributed by atoms with Crippen molar-refractivity contribution in [2.24, 2.45) is 18.0 Å². The Kier molecular flexibility index (Phi) is 3.48. The first kappa shape index (κ1) is 11.4. The Morgan fingerprint density at radius 2 is 2.44 bits per heavy atom. The zero-order valence-electron chi connectivity index (χ0n) is 9.84. The van der Waals surface area contributed by atoms with Gasteiger partial charge in [-0.1, -0.05) is 18.7 Å². The second kappa shape index (κ2) is 4.86. The van der Waals surface area contributed by atoms with Crippen molar-refractivity contribution in [1.29, 1.82) is 0 Å². The van der Waals surface area contributed by atoms with Crippen LogP contribution in [0, 0.1) is 5.92 Å². The first-order chi connectivity index (χ1) is 7.66. The van der Waals surface area contributed by atoms with Gasteiger partial charge in [-0.15, -0.1) is 10.2 Å². The fraction of sp³-hybridized carbons (Fsp3) is 0.700. The number of nitrogens with zero attached hydrogens (tertiary/aromatic N) is 4. The second-order valence-corrected chi connectivity index (χ2v) is 5.21. The summed E-state index contributed by atoms with van der Waals surface area (Å²) in [4.78, 5) is 4.52. The molecule has 1 N–H and O–H groups in total. The van der Waals surface area contributed by atoms with Crippen molar-refractivity contribution in [2.45, 2.75) is 26.4 Å². The average Bonchev–Trinajstić information content (AvgIpc) is 2.66. The van der Waals surface area contributed by atoms with Crippen LogP contribution in [-0.2, 0) is 13.6 Å².